The molecule has 2 aromatic rings. The van der Waals surface area contributed by atoms with Gasteiger partial charge in [-0.05, 0) is 31.0 Å². The highest BCUT2D eigenvalue weighted by Gasteiger charge is 2.03. The number of amides is 2. The molecule has 0 spiro atoms. The molecule has 0 saturated heterocycles. The summed E-state index contributed by atoms with van der Waals surface area (Å²) in [7, 11) is 0. The van der Waals surface area contributed by atoms with Crippen molar-refractivity contribution in [3.05, 3.63) is 45.9 Å². The van der Waals surface area contributed by atoms with Gasteiger partial charge < -0.3 is 16.0 Å². The number of anilines is 1. The van der Waals surface area contributed by atoms with Crippen LogP contribution in [0, 0.1) is 6.92 Å². The van der Waals surface area contributed by atoms with Crippen LogP contribution in [0.15, 0.2) is 30.5 Å². The van der Waals surface area contributed by atoms with E-state index in [2.05, 4.69) is 27.9 Å². The van der Waals surface area contributed by atoms with Crippen LogP contribution in [0.4, 0.5) is 10.5 Å². The highest BCUT2D eigenvalue weighted by Crippen LogP contribution is 2.11. The summed E-state index contributed by atoms with van der Waals surface area (Å²) in [5, 5.41) is 9.89. The molecule has 0 atom stereocenters. The van der Waals surface area contributed by atoms with Gasteiger partial charge in [-0.15, -0.1) is 11.3 Å². The van der Waals surface area contributed by atoms with Gasteiger partial charge in [0.25, 0.3) is 0 Å². The van der Waals surface area contributed by atoms with Crippen LogP contribution in [-0.4, -0.2) is 17.6 Å². The number of urea groups is 1. The summed E-state index contributed by atoms with van der Waals surface area (Å²) >= 11 is 1.59. The zero-order chi connectivity index (χ0) is 15.8. The van der Waals surface area contributed by atoms with Crippen LogP contribution in [0.3, 0.4) is 0 Å². The smallest absolute Gasteiger partial charge is 0.315 e. The quantitative estimate of drug-likeness (QED) is 0.734. The fourth-order valence-corrected chi connectivity index (χ4v) is 2.62. The van der Waals surface area contributed by atoms with E-state index in [1.54, 1.807) is 11.3 Å². The summed E-state index contributed by atoms with van der Waals surface area (Å²) < 4.78 is 0. The SMILES string of the molecule is CCCNc1ccc(CNC(=O)NCc2ncc(C)s2)cc1. The number of carbonyl (C=O) groups excluding carboxylic acids is 1. The molecule has 22 heavy (non-hydrogen) atoms. The molecule has 0 unspecified atom stereocenters. The number of hydrogen-bond donors (Lipinski definition) is 3. The Hall–Kier alpha value is -2.08. The van der Waals surface area contributed by atoms with Crippen molar-refractivity contribution in [2.24, 2.45) is 0 Å². The molecule has 0 aliphatic heterocycles. The minimum absolute atomic E-state index is 0.180. The van der Waals surface area contributed by atoms with E-state index in [0.717, 1.165) is 34.1 Å². The lowest BCUT2D eigenvalue weighted by Crippen LogP contribution is -2.34. The van der Waals surface area contributed by atoms with Gasteiger partial charge in [0.2, 0.25) is 0 Å². The minimum atomic E-state index is -0.180. The monoisotopic (exact) mass is 318 g/mol. The second-order valence-electron chi connectivity index (χ2n) is 5.02. The van der Waals surface area contributed by atoms with Crippen LogP contribution in [0.25, 0.3) is 0 Å². The van der Waals surface area contributed by atoms with Crippen molar-refractivity contribution in [2.75, 3.05) is 11.9 Å². The van der Waals surface area contributed by atoms with Crippen LogP contribution in [0.2, 0.25) is 0 Å². The Balaban J connectivity index is 1.71. The molecular weight excluding hydrogens is 296 g/mol. The summed E-state index contributed by atoms with van der Waals surface area (Å²) in [5.74, 6) is 0. The first kappa shape index (κ1) is 16.3. The number of benzene rings is 1. The van der Waals surface area contributed by atoms with Gasteiger partial charge in [0.1, 0.15) is 5.01 Å². The second kappa shape index (κ2) is 8.38. The van der Waals surface area contributed by atoms with Crippen molar-refractivity contribution in [1.29, 1.82) is 0 Å². The first-order chi connectivity index (χ1) is 10.7. The van der Waals surface area contributed by atoms with Gasteiger partial charge in [-0.25, -0.2) is 9.78 Å². The van der Waals surface area contributed by atoms with Crippen molar-refractivity contribution >= 4 is 23.1 Å². The number of thiazole rings is 1. The molecule has 1 aromatic carbocycles. The molecule has 1 heterocycles. The molecule has 0 fully saturated rings. The maximum atomic E-state index is 11.7. The van der Waals surface area contributed by atoms with E-state index < -0.39 is 0 Å². The van der Waals surface area contributed by atoms with E-state index in [4.69, 9.17) is 0 Å². The Morgan fingerprint density at radius 3 is 2.55 bits per heavy atom. The molecule has 2 amide bonds. The van der Waals surface area contributed by atoms with Crippen LogP contribution >= 0.6 is 11.3 Å². The Labute approximate surface area is 135 Å². The average molecular weight is 318 g/mol. The van der Waals surface area contributed by atoms with E-state index in [-0.39, 0.29) is 6.03 Å². The van der Waals surface area contributed by atoms with Crippen LogP contribution in [0.1, 0.15) is 28.8 Å². The third-order valence-electron chi connectivity index (χ3n) is 3.06. The fourth-order valence-electron chi connectivity index (χ4n) is 1.89. The maximum absolute atomic E-state index is 11.7. The van der Waals surface area contributed by atoms with Gasteiger partial charge in [-0.3, -0.25) is 0 Å². The van der Waals surface area contributed by atoms with Crippen LogP contribution in [-0.2, 0) is 13.1 Å². The van der Waals surface area contributed by atoms with Crippen LogP contribution in [0.5, 0.6) is 0 Å². The van der Waals surface area contributed by atoms with Gasteiger partial charge in [0.15, 0.2) is 0 Å². The first-order valence-electron chi connectivity index (χ1n) is 7.43. The lowest BCUT2D eigenvalue weighted by atomic mass is 10.2. The van der Waals surface area contributed by atoms with E-state index >= 15 is 0 Å². The van der Waals surface area contributed by atoms with Crippen molar-refractivity contribution in [3.8, 4) is 0 Å². The molecule has 0 aliphatic carbocycles. The Morgan fingerprint density at radius 1 is 1.18 bits per heavy atom. The molecule has 3 N–H and O–H groups in total. The summed E-state index contributed by atoms with van der Waals surface area (Å²) in [5.41, 5.74) is 2.18. The number of hydrogen-bond acceptors (Lipinski definition) is 4. The van der Waals surface area contributed by atoms with Gasteiger partial charge >= 0.3 is 6.03 Å². The number of nitrogens with zero attached hydrogens (tertiary/aromatic N) is 1. The minimum Gasteiger partial charge on any atom is -0.385 e. The number of nitrogens with one attached hydrogen (secondary N) is 3. The Kier molecular flexibility index (Phi) is 6.21. The van der Waals surface area contributed by atoms with E-state index in [1.165, 1.54) is 0 Å². The molecule has 0 radical (unpaired) electrons. The highest BCUT2D eigenvalue weighted by molar-refractivity contribution is 7.11. The third kappa shape index (κ3) is 5.37. The third-order valence-corrected chi connectivity index (χ3v) is 3.97. The number of rotatable bonds is 7. The fraction of sp³-hybridized carbons (Fsp3) is 0.375. The summed E-state index contributed by atoms with van der Waals surface area (Å²) in [6.07, 6.45) is 2.91. The molecule has 2 rings (SSSR count). The topological polar surface area (TPSA) is 66.0 Å². The summed E-state index contributed by atoms with van der Waals surface area (Å²) in [6.45, 7) is 6.08. The van der Waals surface area contributed by atoms with E-state index in [9.17, 15) is 4.79 Å². The Morgan fingerprint density at radius 2 is 1.91 bits per heavy atom. The molecule has 0 saturated carbocycles. The normalized spacial score (nSPS) is 10.3. The zero-order valence-electron chi connectivity index (χ0n) is 13.0. The molecular formula is C16H22N4OS. The predicted octanol–water partition coefficient (Wildman–Crippen LogP) is 3.27. The highest BCUT2D eigenvalue weighted by atomic mass is 32.1. The number of carbonyl (C=O) groups is 1. The van der Waals surface area contributed by atoms with Crippen molar-refractivity contribution in [1.82, 2.24) is 15.6 Å². The van der Waals surface area contributed by atoms with Gasteiger partial charge in [-0.2, -0.15) is 0 Å². The maximum Gasteiger partial charge on any atom is 0.315 e. The lowest BCUT2D eigenvalue weighted by molar-refractivity contribution is 0.240. The molecule has 6 heteroatoms. The average Bonchev–Trinajstić information content (AvgIpc) is 2.95. The van der Waals surface area contributed by atoms with Crippen LogP contribution < -0.4 is 16.0 Å². The molecule has 5 nitrogen and oxygen atoms in total. The molecule has 1 aromatic heterocycles. The Bertz CT molecular complexity index is 594. The van der Waals surface area contributed by atoms with Crippen molar-refractivity contribution in [2.45, 2.75) is 33.4 Å². The number of aryl methyl sites for hydroxylation is 1. The summed E-state index contributed by atoms with van der Waals surface area (Å²) in [4.78, 5) is 17.1. The largest absolute Gasteiger partial charge is 0.385 e. The van der Waals surface area contributed by atoms with E-state index in [0.29, 0.717) is 13.1 Å². The summed E-state index contributed by atoms with van der Waals surface area (Å²) in [6, 6.07) is 7.91. The lowest BCUT2D eigenvalue weighted by Gasteiger charge is -2.08. The van der Waals surface area contributed by atoms with E-state index in [1.807, 2.05) is 37.4 Å². The predicted molar refractivity (Wildman–Crippen MR) is 91.1 cm³/mol. The van der Waals surface area contributed by atoms with Crippen molar-refractivity contribution < 1.29 is 4.79 Å². The van der Waals surface area contributed by atoms with Crippen molar-refractivity contribution in [3.63, 3.8) is 0 Å². The molecule has 0 bridgehead atoms. The van der Waals surface area contributed by atoms with Gasteiger partial charge in [0, 0.05) is 29.9 Å². The standard InChI is InChI=1S/C16H22N4OS/c1-3-8-17-14-6-4-13(5-7-14)10-19-16(21)20-11-15-18-9-12(2)22-15/h4-7,9,17H,3,8,10-11H2,1-2H3,(H2,19,20,21). The number of aromatic nitrogens is 1. The van der Waals surface area contributed by atoms with Gasteiger partial charge in [0.05, 0.1) is 6.54 Å². The second-order valence-corrected chi connectivity index (χ2v) is 6.34. The van der Waals surface area contributed by atoms with Gasteiger partial charge in [-0.1, -0.05) is 19.1 Å². The first-order valence-corrected chi connectivity index (χ1v) is 8.25. The zero-order valence-corrected chi connectivity index (χ0v) is 13.8. The molecule has 0 aliphatic rings. The molecule has 118 valence electrons.